The monoisotopic (exact) mass is 351 g/mol. The summed E-state index contributed by atoms with van der Waals surface area (Å²) in [6, 6.07) is 5.56. The first kappa shape index (κ1) is 19.5. The molecule has 1 rings (SSSR count). The van der Waals surface area contributed by atoms with Crippen LogP contribution in [0.1, 0.15) is 24.2 Å². The molecule has 0 aliphatic heterocycles. The van der Waals surface area contributed by atoms with Crippen molar-refractivity contribution >= 4 is 16.0 Å². The fourth-order valence-electron chi connectivity index (χ4n) is 1.70. The summed E-state index contributed by atoms with van der Waals surface area (Å²) in [5, 5.41) is 0. The number of nitrogens with one attached hydrogen (secondary N) is 1. The molecule has 6 nitrogen and oxygen atoms in total. The van der Waals surface area contributed by atoms with Crippen molar-refractivity contribution in [2.45, 2.75) is 18.7 Å². The first-order valence-electron chi connectivity index (χ1n) is 7.04. The van der Waals surface area contributed by atoms with Crippen LogP contribution in [0.4, 0.5) is 0 Å². The third-order valence-electron chi connectivity index (χ3n) is 3.18. The van der Waals surface area contributed by atoms with Gasteiger partial charge in [-0.2, -0.15) is 0 Å². The lowest BCUT2D eigenvalue weighted by molar-refractivity contribution is 0.0600. The molecule has 0 radical (unpaired) electrons. The van der Waals surface area contributed by atoms with Crippen molar-refractivity contribution in [1.29, 1.82) is 0 Å². The zero-order chi connectivity index (χ0) is 18.3. The number of allylic oxidation sites excluding steroid dienone is 3. The summed E-state index contributed by atoms with van der Waals surface area (Å²) in [6.07, 6.45) is 3.42. The van der Waals surface area contributed by atoms with Crippen LogP contribution in [0.2, 0.25) is 0 Å². The van der Waals surface area contributed by atoms with E-state index in [-0.39, 0.29) is 21.9 Å². The van der Waals surface area contributed by atoms with E-state index in [9.17, 15) is 13.2 Å². The smallest absolute Gasteiger partial charge is 0.337 e. The summed E-state index contributed by atoms with van der Waals surface area (Å²) in [5.74, 6) is -0.447. The lowest BCUT2D eigenvalue weighted by atomic mass is 10.2. The molecule has 1 aromatic carbocycles. The normalized spacial score (nSPS) is 12.5. The number of hydrogen-bond acceptors (Lipinski definition) is 5. The van der Waals surface area contributed by atoms with E-state index in [1.165, 1.54) is 38.5 Å². The molecule has 0 aliphatic carbocycles. The maximum Gasteiger partial charge on any atom is 0.337 e. The fourth-order valence-corrected chi connectivity index (χ4v) is 2.82. The van der Waals surface area contributed by atoms with Crippen LogP contribution in [0.15, 0.2) is 64.9 Å². The van der Waals surface area contributed by atoms with Gasteiger partial charge in [-0.05, 0) is 38.1 Å². The molecule has 0 saturated carbocycles. The van der Waals surface area contributed by atoms with Gasteiger partial charge in [-0.3, -0.25) is 4.72 Å². The van der Waals surface area contributed by atoms with E-state index in [2.05, 4.69) is 16.0 Å². The minimum absolute atomic E-state index is 0.0710. The Labute approximate surface area is 142 Å². The Morgan fingerprint density at radius 2 is 1.92 bits per heavy atom. The topological polar surface area (TPSA) is 81.7 Å². The van der Waals surface area contributed by atoms with Crippen LogP contribution in [-0.4, -0.2) is 28.6 Å². The summed E-state index contributed by atoms with van der Waals surface area (Å²) in [5.41, 5.74) is 1.17. The van der Waals surface area contributed by atoms with Crippen LogP contribution in [-0.2, 0) is 19.5 Å². The highest BCUT2D eigenvalue weighted by molar-refractivity contribution is 7.89. The lowest BCUT2D eigenvalue weighted by Gasteiger charge is -2.14. The molecule has 1 N–H and O–H groups in total. The molecule has 24 heavy (non-hydrogen) atoms. The van der Waals surface area contributed by atoms with E-state index in [0.29, 0.717) is 0 Å². The van der Waals surface area contributed by atoms with E-state index in [1.54, 1.807) is 6.08 Å². The van der Waals surface area contributed by atoms with Gasteiger partial charge in [-0.25, -0.2) is 13.2 Å². The Balaban J connectivity index is 3.26. The Morgan fingerprint density at radius 3 is 2.46 bits per heavy atom. The second-order valence-corrected chi connectivity index (χ2v) is 6.53. The van der Waals surface area contributed by atoms with E-state index >= 15 is 0 Å². The van der Waals surface area contributed by atoms with Crippen molar-refractivity contribution in [1.82, 2.24) is 4.72 Å². The molecule has 130 valence electrons. The second kappa shape index (κ2) is 8.35. The second-order valence-electron chi connectivity index (χ2n) is 4.84. The van der Waals surface area contributed by atoms with E-state index < -0.39 is 16.0 Å². The van der Waals surface area contributed by atoms with Gasteiger partial charge in [0.05, 0.1) is 30.4 Å². The number of carbonyl (C=O) groups excluding carboxylic acids is 1. The zero-order valence-electron chi connectivity index (χ0n) is 14.1. The summed E-state index contributed by atoms with van der Waals surface area (Å²) < 4.78 is 37.2. The molecule has 7 heteroatoms. The molecule has 0 bridgehead atoms. The van der Waals surface area contributed by atoms with E-state index in [1.807, 2.05) is 19.9 Å². The van der Waals surface area contributed by atoms with Crippen molar-refractivity contribution in [2.75, 3.05) is 14.2 Å². The third kappa shape index (κ3) is 4.99. The molecule has 0 heterocycles. The molecule has 1 aromatic rings. The van der Waals surface area contributed by atoms with Crippen LogP contribution in [0.25, 0.3) is 0 Å². The van der Waals surface area contributed by atoms with Gasteiger partial charge in [0.25, 0.3) is 10.0 Å². The molecule has 0 unspecified atom stereocenters. The van der Waals surface area contributed by atoms with Crippen molar-refractivity contribution in [3.05, 3.63) is 65.6 Å². The van der Waals surface area contributed by atoms with Gasteiger partial charge in [0.1, 0.15) is 5.76 Å². The molecule has 0 aromatic heterocycles. The Bertz CT molecular complexity index is 791. The quantitative estimate of drug-likeness (QED) is 0.464. The van der Waals surface area contributed by atoms with Gasteiger partial charge in [0.15, 0.2) is 0 Å². The summed E-state index contributed by atoms with van der Waals surface area (Å²) in [6.45, 7) is 7.32. The summed E-state index contributed by atoms with van der Waals surface area (Å²) >= 11 is 0. The van der Waals surface area contributed by atoms with E-state index in [0.717, 1.165) is 5.57 Å². The maximum absolute atomic E-state index is 12.6. The Hall–Kier alpha value is -2.54. The van der Waals surface area contributed by atoms with Crippen LogP contribution in [0.3, 0.4) is 0 Å². The highest BCUT2D eigenvalue weighted by Gasteiger charge is 2.19. The van der Waals surface area contributed by atoms with Crippen LogP contribution in [0.5, 0.6) is 0 Å². The lowest BCUT2D eigenvalue weighted by Crippen LogP contribution is -2.25. The van der Waals surface area contributed by atoms with Gasteiger partial charge in [0.2, 0.25) is 0 Å². The number of ether oxygens (including phenoxy) is 2. The van der Waals surface area contributed by atoms with Gasteiger partial charge in [-0.1, -0.05) is 24.3 Å². The van der Waals surface area contributed by atoms with Gasteiger partial charge in [0, 0.05) is 0 Å². The van der Waals surface area contributed by atoms with Crippen molar-refractivity contribution < 1.29 is 22.7 Å². The van der Waals surface area contributed by atoms with Crippen molar-refractivity contribution in [3.63, 3.8) is 0 Å². The molecule has 0 aliphatic rings. The van der Waals surface area contributed by atoms with Crippen molar-refractivity contribution in [3.8, 4) is 0 Å². The summed E-state index contributed by atoms with van der Waals surface area (Å²) in [4.78, 5) is 11.5. The van der Waals surface area contributed by atoms with Crippen molar-refractivity contribution in [2.24, 2.45) is 0 Å². The molecule has 0 atom stereocenters. The first-order chi connectivity index (χ1) is 11.2. The predicted molar refractivity (Wildman–Crippen MR) is 91.8 cm³/mol. The minimum atomic E-state index is -3.93. The Kier molecular flexibility index (Phi) is 6.79. The van der Waals surface area contributed by atoms with Crippen LogP contribution >= 0.6 is 0 Å². The maximum atomic E-state index is 12.6. The predicted octanol–water partition coefficient (Wildman–Crippen LogP) is 2.76. The fraction of sp³-hybridized carbons (Fsp3) is 0.235. The number of hydrogen-bond donors (Lipinski definition) is 1. The standard InChI is InChI=1S/C17H21NO5S/c1-6-12(2)10-16(13(3)22-4)18-24(20,21)15-9-7-8-14(11-15)17(19)23-5/h6-11,18H,3H2,1-2,4-5H3/b12-6-,16-10+. The third-order valence-corrected chi connectivity index (χ3v) is 4.55. The number of benzene rings is 1. The van der Waals surface area contributed by atoms with E-state index in [4.69, 9.17) is 4.74 Å². The molecular formula is C17H21NO5S. The van der Waals surface area contributed by atoms with Gasteiger partial charge < -0.3 is 9.47 Å². The molecule has 0 spiro atoms. The van der Waals surface area contributed by atoms with Gasteiger partial charge in [-0.15, -0.1) is 0 Å². The highest BCUT2D eigenvalue weighted by Crippen LogP contribution is 2.17. The number of sulfonamides is 1. The van der Waals surface area contributed by atoms with Gasteiger partial charge >= 0.3 is 5.97 Å². The Morgan fingerprint density at radius 1 is 1.25 bits per heavy atom. The zero-order valence-corrected chi connectivity index (χ0v) is 14.9. The minimum Gasteiger partial charge on any atom is -0.495 e. The van der Waals surface area contributed by atoms with Crippen LogP contribution < -0.4 is 4.72 Å². The first-order valence-corrected chi connectivity index (χ1v) is 8.52. The SMILES string of the molecule is C=C(OC)/C(=C\C(C)=C/C)NS(=O)(=O)c1cccc(C(=O)OC)c1. The molecule has 0 saturated heterocycles. The number of esters is 1. The average Bonchev–Trinajstić information content (AvgIpc) is 2.59. The number of carbonyl (C=O) groups is 1. The molecular weight excluding hydrogens is 330 g/mol. The average molecular weight is 351 g/mol. The highest BCUT2D eigenvalue weighted by atomic mass is 32.2. The molecule has 0 amide bonds. The number of rotatable bonds is 7. The van der Waals surface area contributed by atoms with Crippen LogP contribution in [0, 0.1) is 0 Å². The largest absolute Gasteiger partial charge is 0.495 e. The summed E-state index contributed by atoms with van der Waals surface area (Å²) in [7, 11) is -1.30. The number of methoxy groups -OCH3 is 2. The molecule has 0 fully saturated rings.